The number of hydrogen-bond donors (Lipinski definition) is 1. The van der Waals surface area contributed by atoms with E-state index in [9.17, 15) is 9.59 Å². The van der Waals surface area contributed by atoms with E-state index >= 15 is 0 Å². The van der Waals surface area contributed by atoms with Gasteiger partial charge in [-0.15, -0.1) is 0 Å². The Kier molecular flexibility index (Phi) is 3.84. The third kappa shape index (κ3) is 2.85. The zero-order valence-corrected chi connectivity index (χ0v) is 11.2. The van der Waals surface area contributed by atoms with Crippen LogP contribution >= 0.6 is 0 Å². The van der Waals surface area contributed by atoms with Gasteiger partial charge in [0.1, 0.15) is 11.4 Å². The number of esters is 1. The summed E-state index contributed by atoms with van der Waals surface area (Å²) in [6, 6.07) is 8.26. The summed E-state index contributed by atoms with van der Waals surface area (Å²) in [5.74, 6) is -1.39. The van der Waals surface area contributed by atoms with Crippen LogP contribution in [0.1, 0.15) is 33.5 Å². The number of hydrogen-bond acceptors (Lipinski definition) is 4. The van der Waals surface area contributed by atoms with E-state index in [2.05, 4.69) is 5.10 Å². The fourth-order valence-electron chi connectivity index (χ4n) is 1.76. The Labute approximate surface area is 115 Å². The number of nitrogens with zero attached hydrogens (tertiary/aromatic N) is 2. The quantitative estimate of drug-likeness (QED) is 0.682. The summed E-state index contributed by atoms with van der Waals surface area (Å²) in [7, 11) is 0. The molecule has 2 aromatic rings. The Hall–Kier alpha value is -2.63. The number of aryl methyl sites for hydroxylation is 2. The number of carbonyl (C=O) groups excluding carboxylic acids is 1. The van der Waals surface area contributed by atoms with Crippen molar-refractivity contribution in [2.24, 2.45) is 0 Å². The molecule has 0 aliphatic rings. The number of carboxylic acids is 1. The Morgan fingerprint density at radius 1 is 1.35 bits per heavy atom. The number of carboxylic acid groups (broad SMARTS) is 1. The Morgan fingerprint density at radius 3 is 2.70 bits per heavy atom. The molecule has 6 heteroatoms. The zero-order valence-electron chi connectivity index (χ0n) is 11.2. The number of aromatic nitrogens is 2. The van der Waals surface area contributed by atoms with Crippen LogP contribution in [0.15, 0.2) is 30.3 Å². The van der Waals surface area contributed by atoms with Crippen LogP contribution in [-0.4, -0.2) is 26.8 Å². The minimum Gasteiger partial charge on any atom is -0.476 e. The van der Waals surface area contributed by atoms with Gasteiger partial charge in [-0.1, -0.05) is 12.1 Å². The first kappa shape index (κ1) is 13.8. The second kappa shape index (κ2) is 5.56. The van der Waals surface area contributed by atoms with Gasteiger partial charge in [-0.3, -0.25) is 4.68 Å². The Balaban J connectivity index is 2.27. The van der Waals surface area contributed by atoms with Gasteiger partial charge in [0.25, 0.3) is 0 Å². The summed E-state index contributed by atoms with van der Waals surface area (Å²) in [6.07, 6.45) is 0. The first-order chi connectivity index (χ1) is 9.51. The predicted octanol–water partition coefficient (Wildman–Crippen LogP) is 2.13. The van der Waals surface area contributed by atoms with E-state index in [1.165, 1.54) is 10.7 Å². The highest BCUT2D eigenvalue weighted by Gasteiger charge is 2.19. The molecule has 0 aliphatic carbocycles. The summed E-state index contributed by atoms with van der Waals surface area (Å²) in [5, 5.41) is 12.7. The average Bonchev–Trinajstić information content (AvgIpc) is 2.83. The van der Waals surface area contributed by atoms with Crippen LogP contribution in [0, 0.1) is 6.92 Å². The van der Waals surface area contributed by atoms with E-state index in [0.29, 0.717) is 12.3 Å². The topological polar surface area (TPSA) is 81.4 Å². The molecule has 20 heavy (non-hydrogen) atoms. The normalized spacial score (nSPS) is 10.3. The van der Waals surface area contributed by atoms with Gasteiger partial charge >= 0.3 is 11.9 Å². The molecule has 6 nitrogen and oxygen atoms in total. The van der Waals surface area contributed by atoms with Crippen molar-refractivity contribution in [3.8, 4) is 5.75 Å². The van der Waals surface area contributed by atoms with Crippen molar-refractivity contribution in [2.45, 2.75) is 20.4 Å². The molecule has 0 saturated carbocycles. The molecule has 0 radical (unpaired) electrons. The van der Waals surface area contributed by atoms with E-state index < -0.39 is 11.9 Å². The van der Waals surface area contributed by atoms with Gasteiger partial charge in [-0.25, -0.2) is 9.59 Å². The molecule has 1 heterocycles. The molecule has 1 N–H and O–H groups in total. The fraction of sp³-hybridized carbons (Fsp3) is 0.214. The molecule has 0 bridgehead atoms. The van der Waals surface area contributed by atoms with Crippen LogP contribution in [0.2, 0.25) is 0 Å². The van der Waals surface area contributed by atoms with Gasteiger partial charge in [0.2, 0.25) is 0 Å². The summed E-state index contributed by atoms with van der Waals surface area (Å²) in [6.45, 7) is 4.03. The minimum atomic E-state index is -1.18. The number of ether oxygens (including phenoxy) is 1. The maximum Gasteiger partial charge on any atom is 0.362 e. The smallest absolute Gasteiger partial charge is 0.362 e. The first-order valence-electron chi connectivity index (χ1n) is 6.11. The molecule has 0 atom stereocenters. The lowest BCUT2D eigenvalue weighted by Gasteiger charge is -2.06. The molecule has 0 saturated heterocycles. The van der Waals surface area contributed by atoms with Gasteiger partial charge in [-0.05, 0) is 31.5 Å². The molecule has 1 aromatic heterocycles. The summed E-state index contributed by atoms with van der Waals surface area (Å²) in [5.41, 5.74) is 0.903. The Bertz CT molecular complexity index is 661. The molecular weight excluding hydrogens is 260 g/mol. The molecule has 0 unspecified atom stereocenters. The average molecular weight is 274 g/mol. The number of aromatic carboxylic acids is 1. The monoisotopic (exact) mass is 274 g/mol. The van der Waals surface area contributed by atoms with Crippen molar-refractivity contribution in [3.05, 3.63) is 47.3 Å². The SMILES string of the molecule is CCn1nc(C(=O)O)cc1C(=O)Oc1cccc(C)c1. The number of benzene rings is 1. The van der Waals surface area contributed by atoms with E-state index in [1.807, 2.05) is 13.0 Å². The van der Waals surface area contributed by atoms with Gasteiger partial charge in [0, 0.05) is 12.6 Å². The Morgan fingerprint density at radius 2 is 2.10 bits per heavy atom. The molecule has 0 fully saturated rings. The third-order valence-electron chi connectivity index (χ3n) is 2.71. The third-order valence-corrected chi connectivity index (χ3v) is 2.71. The summed E-state index contributed by atoms with van der Waals surface area (Å²) >= 11 is 0. The lowest BCUT2D eigenvalue weighted by Crippen LogP contribution is -2.15. The molecule has 1 aromatic carbocycles. The van der Waals surface area contributed by atoms with E-state index in [0.717, 1.165) is 5.56 Å². The minimum absolute atomic E-state index is 0.117. The molecule has 0 amide bonds. The summed E-state index contributed by atoms with van der Waals surface area (Å²) in [4.78, 5) is 22.9. The van der Waals surface area contributed by atoms with Crippen LogP contribution in [-0.2, 0) is 6.54 Å². The molecule has 0 spiro atoms. The van der Waals surface area contributed by atoms with Gasteiger partial charge in [0.15, 0.2) is 5.69 Å². The molecule has 2 rings (SSSR count). The largest absolute Gasteiger partial charge is 0.476 e. The first-order valence-corrected chi connectivity index (χ1v) is 6.11. The lowest BCUT2D eigenvalue weighted by atomic mass is 10.2. The van der Waals surface area contributed by atoms with Crippen LogP contribution in [0.3, 0.4) is 0 Å². The second-order valence-electron chi connectivity index (χ2n) is 4.24. The highest BCUT2D eigenvalue weighted by Crippen LogP contribution is 2.15. The summed E-state index contributed by atoms with van der Waals surface area (Å²) < 4.78 is 6.53. The van der Waals surface area contributed by atoms with Gasteiger partial charge < -0.3 is 9.84 Å². The molecule has 0 aliphatic heterocycles. The molecular formula is C14H14N2O4. The highest BCUT2D eigenvalue weighted by atomic mass is 16.5. The van der Waals surface area contributed by atoms with Crippen LogP contribution in [0.5, 0.6) is 5.75 Å². The van der Waals surface area contributed by atoms with Gasteiger partial charge in [-0.2, -0.15) is 5.10 Å². The standard InChI is InChI=1S/C14H14N2O4/c1-3-16-12(8-11(15-16)13(17)18)14(19)20-10-6-4-5-9(2)7-10/h4-8H,3H2,1-2H3,(H,17,18). The van der Waals surface area contributed by atoms with E-state index in [-0.39, 0.29) is 11.4 Å². The van der Waals surface area contributed by atoms with E-state index in [1.54, 1.807) is 25.1 Å². The van der Waals surface area contributed by atoms with Crippen LogP contribution in [0.4, 0.5) is 0 Å². The van der Waals surface area contributed by atoms with Crippen molar-refractivity contribution in [1.29, 1.82) is 0 Å². The molecule has 104 valence electrons. The number of carbonyl (C=O) groups is 2. The number of rotatable bonds is 4. The van der Waals surface area contributed by atoms with Crippen molar-refractivity contribution < 1.29 is 19.4 Å². The predicted molar refractivity (Wildman–Crippen MR) is 71.0 cm³/mol. The fourth-order valence-corrected chi connectivity index (χ4v) is 1.76. The maximum atomic E-state index is 12.1. The van der Waals surface area contributed by atoms with Crippen LogP contribution in [0.25, 0.3) is 0 Å². The van der Waals surface area contributed by atoms with Crippen molar-refractivity contribution >= 4 is 11.9 Å². The maximum absolute atomic E-state index is 12.1. The highest BCUT2D eigenvalue weighted by molar-refractivity contribution is 5.93. The van der Waals surface area contributed by atoms with Crippen LogP contribution < -0.4 is 4.74 Å². The lowest BCUT2D eigenvalue weighted by molar-refractivity contribution is 0.0687. The zero-order chi connectivity index (χ0) is 14.7. The second-order valence-corrected chi connectivity index (χ2v) is 4.24. The van der Waals surface area contributed by atoms with Crippen molar-refractivity contribution in [1.82, 2.24) is 9.78 Å². The van der Waals surface area contributed by atoms with E-state index in [4.69, 9.17) is 9.84 Å². The van der Waals surface area contributed by atoms with Gasteiger partial charge in [0.05, 0.1) is 0 Å². The van der Waals surface area contributed by atoms with Crippen molar-refractivity contribution in [3.63, 3.8) is 0 Å². The van der Waals surface area contributed by atoms with Crippen molar-refractivity contribution in [2.75, 3.05) is 0 Å².